The molecule has 1 aromatic heterocycles. The van der Waals surface area contributed by atoms with Gasteiger partial charge in [0.2, 0.25) is 0 Å². The molecule has 0 aliphatic heterocycles. The average Bonchev–Trinajstić information content (AvgIpc) is 2.14. The first-order chi connectivity index (χ1) is 7.59. The Labute approximate surface area is 96.6 Å². The molecule has 4 nitrogen and oxygen atoms in total. The van der Waals surface area contributed by atoms with Crippen molar-refractivity contribution in [3.8, 4) is 0 Å². The second-order valence-electron chi connectivity index (χ2n) is 3.41. The summed E-state index contributed by atoms with van der Waals surface area (Å²) in [6.45, 7) is 1.34. The number of nitrogens with zero attached hydrogens (tertiary/aromatic N) is 1. The van der Waals surface area contributed by atoms with Crippen LogP contribution in [0.2, 0.25) is 0 Å². The van der Waals surface area contributed by atoms with Crippen LogP contribution in [0.4, 0.5) is 13.2 Å². The Morgan fingerprint density at radius 1 is 1.41 bits per heavy atom. The van der Waals surface area contributed by atoms with Crippen LogP contribution in [-0.2, 0) is 20.5 Å². The van der Waals surface area contributed by atoms with E-state index < -0.39 is 28.1 Å². The molecule has 0 spiro atoms. The molecule has 0 fully saturated rings. The van der Waals surface area contributed by atoms with Crippen LogP contribution in [0.3, 0.4) is 0 Å². The molecule has 0 amide bonds. The van der Waals surface area contributed by atoms with Gasteiger partial charge in [-0.05, 0) is 24.6 Å². The summed E-state index contributed by atoms with van der Waals surface area (Å²) in [5.41, 5.74) is -0.989. The molecule has 0 saturated heterocycles. The standard InChI is InChI=1S/C9H10F3NO3S/c1-6(16-17(2,14)15)7-3-4-13-8(5-7)9(10,11)12/h3-6H,1-2H3. The Kier molecular flexibility index (Phi) is 3.78. The lowest BCUT2D eigenvalue weighted by Crippen LogP contribution is -2.11. The molecule has 1 atom stereocenters. The van der Waals surface area contributed by atoms with Gasteiger partial charge in [0.05, 0.1) is 12.4 Å². The summed E-state index contributed by atoms with van der Waals surface area (Å²) >= 11 is 0. The highest BCUT2D eigenvalue weighted by atomic mass is 32.2. The van der Waals surface area contributed by atoms with E-state index in [-0.39, 0.29) is 5.56 Å². The largest absolute Gasteiger partial charge is 0.433 e. The number of halogens is 3. The fourth-order valence-corrected chi connectivity index (χ4v) is 1.81. The summed E-state index contributed by atoms with van der Waals surface area (Å²) in [4.78, 5) is 3.16. The maximum Gasteiger partial charge on any atom is 0.433 e. The van der Waals surface area contributed by atoms with Crippen molar-refractivity contribution in [1.29, 1.82) is 0 Å². The van der Waals surface area contributed by atoms with Crippen molar-refractivity contribution in [2.75, 3.05) is 6.26 Å². The molecule has 1 unspecified atom stereocenters. The zero-order chi connectivity index (χ0) is 13.3. The number of hydrogen-bond acceptors (Lipinski definition) is 4. The predicted molar refractivity (Wildman–Crippen MR) is 53.6 cm³/mol. The molecule has 0 N–H and O–H groups in total. The van der Waals surface area contributed by atoms with Gasteiger partial charge in [-0.15, -0.1) is 0 Å². The third-order valence-electron chi connectivity index (χ3n) is 1.86. The van der Waals surface area contributed by atoms with E-state index in [0.717, 1.165) is 18.5 Å². The predicted octanol–water partition coefficient (Wildman–Crippen LogP) is 2.14. The Bertz CT molecular complexity index is 498. The molecule has 0 saturated carbocycles. The zero-order valence-electron chi connectivity index (χ0n) is 9.02. The molecule has 0 aliphatic carbocycles. The van der Waals surface area contributed by atoms with Gasteiger partial charge in [0.1, 0.15) is 5.69 Å². The first-order valence-electron chi connectivity index (χ1n) is 4.51. The van der Waals surface area contributed by atoms with Crippen LogP contribution in [0.1, 0.15) is 24.3 Å². The highest BCUT2D eigenvalue weighted by Crippen LogP contribution is 2.29. The molecular formula is C9H10F3NO3S. The number of pyridine rings is 1. The minimum atomic E-state index is -4.57. The van der Waals surface area contributed by atoms with Crippen molar-refractivity contribution < 1.29 is 25.8 Å². The lowest BCUT2D eigenvalue weighted by molar-refractivity contribution is -0.141. The number of rotatable bonds is 3. The molecule has 0 bridgehead atoms. The average molecular weight is 269 g/mol. The molecule has 17 heavy (non-hydrogen) atoms. The SMILES string of the molecule is CC(OS(C)(=O)=O)c1ccnc(C(F)(F)F)c1. The fraction of sp³-hybridized carbons (Fsp3) is 0.444. The Balaban J connectivity index is 3.00. The van der Waals surface area contributed by atoms with Crippen molar-refractivity contribution in [2.24, 2.45) is 0 Å². The van der Waals surface area contributed by atoms with Crippen LogP contribution < -0.4 is 0 Å². The smallest absolute Gasteiger partial charge is 0.262 e. The number of hydrogen-bond donors (Lipinski definition) is 0. The molecule has 8 heteroatoms. The van der Waals surface area contributed by atoms with Crippen LogP contribution in [0.25, 0.3) is 0 Å². The molecule has 1 heterocycles. The van der Waals surface area contributed by atoms with Crippen molar-refractivity contribution >= 4 is 10.1 Å². The van der Waals surface area contributed by atoms with Gasteiger partial charge in [-0.1, -0.05) is 0 Å². The highest BCUT2D eigenvalue weighted by molar-refractivity contribution is 7.86. The van der Waals surface area contributed by atoms with E-state index in [4.69, 9.17) is 0 Å². The lowest BCUT2D eigenvalue weighted by atomic mass is 10.1. The van der Waals surface area contributed by atoms with Crippen molar-refractivity contribution in [1.82, 2.24) is 4.98 Å². The minimum absolute atomic E-state index is 0.0951. The van der Waals surface area contributed by atoms with Gasteiger partial charge >= 0.3 is 6.18 Å². The quantitative estimate of drug-likeness (QED) is 0.789. The van der Waals surface area contributed by atoms with E-state index in [2.05, 4.69) is 9.17 Å². The summed E-state index contributed by atoms with van der Waals surface area (Å²) in [6.07, 6.45) is -3.77. The van der Waals surface area contributed by atoms with E-state index >= 15 is 0 Å². The van der Waals surface area contributed by atoms with Crippen LogP contribution in [0.15, 0.2) is 18.3 Å². The molecule has 0 radical (unpaired) electrons. The van der Waals surface area contributed by atoms with E-state index in [9.17, 15) is 21.6 Å². The molecule has 96 valence electrons. The van der Waals surface area contributed by atoms with Gasteiger partial charge < -0.3 is 0 Å². The first kappa shape index (κ1) is 13.9. The topological polar surface area (TPSA) is 56.3 Å². The second-order valence-corrected chi connectivity index (χ2v) is 5.02. The second kappa shape index (κ2) is 4.61. The molecule has 0 aliphatic rings. The van der Waals surface area contributed by atoms with Crippen LogP contribution >= 0.6 is 0 Å². The monoisotopic (exact) mass is 269 g/mol. The lowest BCUT2D eigenvalue weighted by Gasteiger charge is -2.13. The van der Waals surface area contributed by atoms with E-state index in [1.165, 1.54) is 13.0 Å². The van der Waals surface area contributed by atoms with Crippen LogP contribution in [-0.4, -0.2) is 19.7 Å². The maximum absolute atomic E-state index is 12.3. The Morgan fingerprint density at radius 2 is 2.00 bits per heavy atom. The zero-order valence-corrected chi connectivity index (χ0v) is 9.84. The minimum Gasteiger partial charge on any atom is -0.262 e. The van der Waals surface area contributed by atoms with Crippen LogP contribution in [0.5, 0.6) is 0 Å². The molecule has 1 aromatic rings. The van der Waals surface area contributed by atoms with E-state index in [1.807, 2.05) is 0 Å². The molecule has 1 rings (SSSR count). The van der Waals surface area contributed by atoms with Gasteiger partial charge in [-0.25, -0.2) is 0 Å². The summed E-state index contributed by atoms with van der Waals surface area (Å²) in [5.74, 6) is 0. The van der Waals surface area contributed by atoms with Gasteiger partial charge in [-0.2, -0.15) is 21.6 Å². The summed E-state index contributed by atoms with van der Waals surface area (Å²) in [6, 6.07) is 2.03. The van der Waals surface area contributed by atoms with E-state index in [1.54, 1.807) is 0 Å². The van der Waals surface area contributed by atoms with Gasteiger partial charge in [0, 0.05) is 6.20 Å². The number of aromatic nitrogens is 1. The molecular weight excluding hydrogens is 259 g/mol. The van der Waals surface area contributed by atoms with Gasteiger partial charge in [0.25, 0.3) is 10.1 Å². The first-order valence-corrected chi connectivity index (χ1v) is 6.32. The van der Waals surface area contributed by atoms with Gasteiger partial charge in [0.15, 0.2) is 0 Å². The van der Waals surface area contributed by atoms with Crippen molar-refractivity contribution in [3.63, 3.8) is 0 Å². The normalized spacial score (nSPS) is 14.6. The molecule has 0 aromatic carbocycles. The Hall–Kier alpha value is -1.15. The summed E-state index contributed by atoms with van der Waals surface area (Å²) in [7, 11) is -3.72. The summed E-state index contributed by atoms with van der Waals surface area (Å²) < 4.78 is 63.3. The third-order valence-corrected chi connectivity index (χ3v) is 2.50. The third kappa shape index (κ3) is 4.31. The van der Waals surface area contributed by atoms with E-state index in [0.29, 0.717) is 0 Å². The Morgan fingerprint density at radius 3 is 2.47 bits per heavy atom. The fourth-order valence-electron chi connectivity index (χ4n) is 1.17. The van der Waals surface area contributed by atoms with Crippen molar-refractivity contribution in [2.45, 2.75) is 19.2 Å². The van der Waals surface area contributed by atoms with Crippen LogP contribution in [0, 0.1) is 0 Å². The van der Waals surface area contributed by atoms with Gasteiger partial charge in [-0.3, -0.25) is 9.17 Å². The number of alkyl halides is 3. The highest BCUT2D eigenvalue weighted by Gasteiger charge is 2.33. The van der Waals surface area contributed by atoms with Crippen molar-refractivity contribution in [3.05, 3.63) is 29.6 Å². The maximum atomic E-state index is 12.3. The summed E-state index contributed by atoms with van der Waals surface area (Å²) in [5, 5.41) is 0.